The first-order valence-corrected chi connectivity index (χ1v) is 4.72. The van der Waals surface area contributed by atoms with E-state index in [1.165, 1.54) is 24.4 Å². The molecule has 2 rings (SSSR count). The van der Waals surface area contributed by atoms with Gasteiger partial charge in [0.25, 0.3) is 0 Å². The first-order chi connectivity index (χ1) is 7.16. The number of aromatic amines is 1. The number of rotatable bonds is 1. The number of hydrogen-bond donors (Lipinski definition) is 2. The van der Waals surface area contributed by atoms with Crippen LogP contribution < -0.4 is 5.56 Å². The van der Waals surface area contributed by atoms with Crippen LogP contribution in [0, 0.1) is 0 Å². The van der Waals surface area contributed by atoms with E-state index in [0.29, 0.717) is 16.1 Å². The zero-order valence-electron chi connectivity index (χ0n) is 7.70. The van der Waals surface area contributed by atoms with Crippen LogP contribution in [0.1, 0.15) is 0 Å². The second kappa shape index (κ2) is 3.79. The van der Waals surface area contributed by atoms with Crippen LogP contribution in [-0.4, -0.2) is 10.1 Å². The smallest absolute Gasteiger partial charge is 0.248 e. The molecule has 0 aliphatic rings. The van der Waals surface area contributed by atoms with Crippen molar-refractivity contribution in [3.8, 4) is 16.9 Å². The van der Waals surface area contributed by atoms with Crippen LogP contribution in [0.4, 0.5) is 0 Å². The molecule has 1 aromatic heterocycles. The molecule has 0 saturated carbocycles. The van der Waals surface area contributed by atoms with Gasteiger partial charge in [0.2, 0.25) is 5.56 Å². The van der Waals surface area contributed by atoms with Crippen molar-refractivity contribution in [3.63, 3.8) is 0 Å². The molecule has 0 amide bonds. The van der Waals surface area contributed by atoms with Gasteiger partial charge < -0.3 is 10.1 Å². The molecule has 0 fully saturated rings. The summed E-state index contributed by atoms with van der Waals surface area (Å²) in [6.45, 7) is 0. The third-order valence-corrected chi connectivity index (χ3v) is 2.37. The van der Waals surface area contributed by atoms with Crippen LogP contribution in [0.2, 0.25) is 5.02 Å². The van der Waals surface area contributed by atoms with Crippen molar-refractivity contribution >= 4 is 11.6 Å². The van der Waals surface area contributed by atoms with Gasteiger partial charge in [-0.15, -0.1) is 0 Å². The molecule has 2 N–H and O–H groups in total. The lowest BCUT2D eigenvalue weighted by atomic mass is 10.1. The molecule has 0 saturated heterocycles. The fourth-order valence-electron chi connectivity index (χ4n) is 1.35. The molecule has 2 aromatic rings. The maximum atomic E-state index is 11.1. The maximum Gasteiger partial charge on any atom is 0.248 e. The SMILES string of the molecule is O=c1cc(-c2cc(O)ccc2Cl)cc[nH]1. The van der Waals surface area contributed by atoms with Crippen molar-refractivity contribution in [1.82, 2.24) is 4.98 Å². The van der Waals surface area contributed by atoms with Crippen molar-refractivity contribution in [2.45, 2.75) is 0 Å². The number of phenolic OH excluding ortho intramolecular Hbond substituents is 1. The Balaban J connectivity index is 2.63. The first kappa shape index (κ1) is 9.80. The fraction of sp³-hybridized carbons (Fsp3) is 0. The van der Waals surface area contributed by atoms with Gasteiger partial charge in [0, 0.05) is 22.8 Å². The Bertz CT molecular complexity index is 548. The molecule has 76 valence electrons. The van der Waals surface area contributed by atoms with Gasteiger partial charge in [-0.2, -0.15) is 0 Å². The van der Waals surface area contributed by atoms with Gasteiger partial charge in [0.05, 0.1) is 0 Å². The molecular formula is C11H8ClNO2. The van der Waals surface area contributed by atoms with Gasteiger partial charge in [0.15, 0.2) is 0 Å². The Morgan fingerprint density at radius 1 is 1.20 bits per heavy atom. The minimum absolute atomic E-state index is 0.120. The molecular weight excluding hydrogens is 214 g/mol. The number of benzene rings is 1. The summed E-state index contributed by atoms with van der Waals surface area (Å²) in [5, 5.41) is 9.82. The maximum absolute atomic E-state index is 11.1. The lowest BCUT2D eigenvalue weighted by Gasteiger charge is -2.04. The van der Waals surface area contributed by atoms with Crippen LogP contribution in [0.15, 0.2) is 41.3 Å². The van der Waals surface area contributed by atoms with Crippen LogP contribution in [0.5, 0.6) is 5.75 Å². The van der Waals surface area contributed by atoms with Gasteiger partial charge in [-0.25, -0.2) is 0 Å². The first-order valence-electron chi connectivity index (χ1n) is 4.34. The van der Waals surface area contributed by atoms with Crippen molar-refractivity contribution in [3.05, 3.63) is 51.9 Å². The lowest BCUT2D eigenvalue weighted by Crippen LogP contribution is -2.02. The molecule has 15 heavy (non-hydrogen) atoms. The topological polar surface area (TPSA) is 53.1 Å². The molecule has 0 atom stereocenters. The molecule has 0 radical (unpaired) electrons. The summed E-state index contributed by atoms with van der Waals surface area (Å²) in [5.74, 6) is 0.120. The van der Waals surface area contributed by atoms with Gasteiger partial charge in [-0.05, 0) is 29.8 Å². The van der Waals surface area contributed by atoms with E-state index in [-0.39, 0.29) is 11.3 Å². The summed E-state index contributed by atoms with van der Waals surface area (Å²) < 4.78 is 0. The summed E-state index contributed by atoms with van der Waals surface area (Å²) in [6.07, 6.45) is 1.54. The Kier molecular flexibility index (Phi) is 2.47. The number of pyridine rings is 1. The van der Waals surface area contributed by atoms with E-state index in [1.54, 1.807) is 12.1 Å². The number of halogens is 1. The number of aromatic hydroxyl groups is 1. The quantitative estimate of drug-likeness (QED) is 0.777. The molecule has 1 aromatic carbocycles. The molecule has 0 aliphatic carbocycles. The molecule has 4 heteroatoms. The van der Waals surface area contributed by atoms with Crippen molar-refractivity contribution in [2.75, 3.05) is 0 Å². The standard InChI is InChI=1S/C11H8ClNO2/c12-10-2-1-8(14)6-9(10)7-3-4-13-11(15)5-7/h1-6,14H,(H,13,15). The van der Waals surface area contributed by atoms with Crippen molar-refractivity contribution in [2.24, 2.45) is 0 Å². The highest BCUT2D eigenvalue weighted by Gasteiger charge is 2.04. The summed E-state index contributed by atoms with van der Waals surface area (Å²) in [6, 6.07) is 7.77. The van der Waals surface area contributed by atoms with Gasteiger partial charge in [-0.1, -0.05) is 11.6 Å². The lowest BCUT2D eigenvalue weighted by molar-refractivity contribution is 0.475. The van der Waals surface area contributed by atoms with Crippen LogP contribution in [0.25, 0.3) is 11.1 Å². The Morgan fingerprint density at radius 2 is 2.00 bits per heavy atom. The molecule has 3 nitrogen and oxygen atoms in total. The van der Waals surface area contributed by atoms with Crippen molar-refractivity contribution < 1.29 is 5.11 Å². The van der Waals surface area contributed by atoms with Gasteiger partial charge >= 0.3 is 0 Å². The van der Waals surface area contributed by atoms with Gasteiger partial charge in [-0.3, -0.25) is 4.79 Å². The van der Waals surface area contributed by atoms with Crippen LogP contribution in [-0.2, 0) is 0 Å². The summed E-state index contributed by atoms with van der Waals surface area (Å²) >= 11 is 5.96. The van der Waals surface area contributed by atoms with E-state index < -0.39 is 0 Å². The molecule has 0 aliphatic heterocycles. The van der Waals surface area contributed by atoms with E-state index in [2.05, 4.69) is 4.98 Å². The molecule has 0 bridgehead atoms. The van der Waals surface area contributed by atoms with Crippen molar-refractivity contribution in [1.29, 1.82) is 0 Å². The number of nitrogens with one attached hydrogen (secondary N) is 1. The summed E-state index contributed by atoms with van der Waals surface area (Å²) in [5.41, 5.74) is 1.12. The van der Waals surface area contributed by atoms with E-state index in [1.807, 2.05) is 0 Å². The third kappa shape index (κ3) is 2.02. The average Bonchev–Trinajstić information content (AvgIpc) is 2.22. The second-order valence-electron chi connectivity index (χ2n) is 3.11. The number of hydrogen-bond acceptors (Lipinski definition) is 2. The molecule has 0 unspecified atom stereocenters. The minimum Gasteiger partial charge on any atom is -0.508 e. The number of H-pyrrole nitrogens is 1. The zero-order chi connectivity index (χ0) is 10.8. The van der Waals surface area contributed by atoms with E-state index in [9.17, 15) is 9.90 Å². The summed E-state index contributed by atoms with van der Waals surface area (Å²) in [4.78, 5) is 13.6. The predicted octanol–water partition coefficient (Wildman–Crippen LogP) is 2.40. The average molecular weight is 222 g/mol. The summed E-state index contributed by atoms with van der Waals surface area (Å²) in [7, 11) is 0. The normalized spacial score (nSPS) is 10.2. The van der Waals surface area contributed by atoms with Gasteiger partial charge in [0.1, 0.15) is 5.75 Å². The van der Waals surface area contributed by atoms with E-state index in [4.69, 9.17) is 11.6 Å². The fourth-order valence-corrected chi connectivity index (χ4v) is 1.57. The van der Waals surface area contributed by atoms with E-state index >= 15 is 0 Å². The van der Waals surface area contributed by atoms with E-state index in [0.717, 1.165) is 0 Å². The Morgan fingerprint density at radius 3 is 2.73 bits per heavy atom. The minimum atomic E-state index is -0.202. The predicted molar refractivity (Wildman–Crippen MR) is 59.2 cm³/mol. The monoisotopic (exact) mass is 221 g/mol. The Hall–Kier alpha value is -1.74. The molecule has 1 heterocycles. The number of aromatic nitrogens is 1. The van der Waals surface area contributed by atoms with Crippen LogP contribution in [0.3, 0.4) is 0 Å². The Labute approximate surface area is 91.0 Å². The highest BCUT2D eigenvalue weighted by molar-refractivity contribution is 6.33. The second-order valence-corrected chi connectivity index (χ2v) is 3.51. The van der Waals surface area contributed by atoms with Crippen LogP contribution >= 0.6 is 11.6 Å². The number of phenols is 1. The zero-order valence-corrected chi connectivity index (χ0v) is 8.45. The third-order valence-electron chi connectivity index (χ3n) is 2.04. The highest BCUT2D eigenvalue weighted by atomic mass is 35.5. The molecule has 0 spiro atoms. The highest BCUT2D eigenvalue weighted by Crippen LogP contribution is 2.29. The largest absolute Gasteiger partial charge is 0.508 e.